The van der Waals surface area contributed by atoms with E-state index in [4.69, 9.17) is 4.74 Å². The maximum Gasteiger partial charge on any atom is 0.305 e. The van der Waals surface area contributed by atoms with Crippen molar-refractivity contribution in [1.82, 2.24) is 5.32 Å². The Morgan fingerprint density at radius 1 is 1.56 bits per heavy atom. The van der Waals surface area contributed by atoms with Crippen LogP contribution in [0.15, 0.2) is 18.2 Å². The van der Waals surface area contributed by atoms with Gasteiger partial charge in [-0.15, -0.1) is 0 Å². The van der Waals surface area contributed by atoms with Gasteiger partial charge in [0.15, 0.2) is 0 Å². The standard InChI is InChI=1S/C12H17FN2O3/c1-9(6-7-18-2)14-8-10-4-3-5-11(12(10)13)15(16)17/h3-5,9,14H,6-8H2,1-2H3. The van der Waals surface area contributed by atoms with Crippen molar-refractivity contribution in [2.24, 2.45) is 0 Å². The zero-order valence-corrected chi connectivity index (χ0v) is 10.5. The van der Waals surface area contributed by atoms with Gasteiger partial charge in [-0.3, -0.25) is 10.1 Å². The van der Waals surface area contributed by atoms with Gasteiger partial charge in [-0.2, -0.15) is 4.39 Å². The fourth-order valence-corrected chi connectivity index (χ4v) is 1.52. The van der Waals surface area contributed by atoms with Crippen LogP contribution in [-0.4, -0.2) is 24.7 Å². The van der Waals surface area contributed by atoms with Gasteiger partial charge in [-0.05, 0) is 13.3 Å². The number of halogens is 1. The summed E-state index contributed by atoms with van der Waals surface area (Å²) in [4.78, 5) is 9.87. The lowest BCUT2D eigenvalue weighted by molar-refractivity contribution is -0.387. The first-order chi connectivity index (χ1) is 8.56. The normalized spacial score (nSPS) is 12.4. The molecule has 1 N–H and O–H groups in total. The topological polar surface area (TPSA) is 64.4 Å². The van der Waals surface area contributed by atoms with Gasteiger partial charge in [0.25, 0.3) is 0 Å². The molecule has 0 spiro atoms. The van der Waals surface area contributed by atoms with Gasteiger partial charge >= 0.3 is 5.69 Å². The number of methoxy groups -OCH3 is 1. The third kappa shape index (κ3) is 4.05. The molecule has 0 bridgehead atoms. The summed E-state index contributed by atoms with van der Waals surface area (Å²) in [5.41, 5.74) is -0.188. The van der Waals surface area contributed by atoms with Crippen molar-refractivity contribution < 1.29 is 14.1 Å². The van der Waals surface area contributed by atoms with Crippen LogP contribution in [0.5, 0.6) is 0 Å². The van der Waals surface area contributed by atoms with E-state index in [-0.39, 0.29) is 12.6 Å². The van der Waals surface area contributed by atoms with Gasteiger partial charge < -0.3 is 10.1 Å². The minimum absolute atomic E-state index is 0.156. The molecule has 0 aliphatic rings. The summed E-state index contributed by atoms with van der Waals surface area (Å²) < 4.78 is 18.7. The number of hydrogen-bond donors (Lipinski definition) is 1. The highest BCUT2D eigenvalue weighted by Gasteiger charge is 2.17. The molecule has 0 aliphatic carbocycles. The molecule has 0 saturated heterocycles. The summed E-state index contributed by atoms with van der Waals surface area (Å²) in [6.45, 7) is 2.83. The molecule has 0 aliphatic heterocycles. The van der Waals surface area contributed by atoms with Gasteiger partial charge in [0.2, 0.25) is 5.82 Å². The van der Waals surface area contributed by atoms with E-state index in [9.17, 15) is 14.5 Å². The van der Waals surface area contributed by atoms with E-state index in [0.29, 0.717) is 12.2 Å². The van der Waals surface area contributed by atoms with E-state index in [2.05, 4.69) is 5.32 Å². The summed E-state index contributed by atoms with van der Waals surface area (Å²) in [6.07, 6.45) is 0.799. The van der Waals surface area contributed by atoms with E-state index in [0.717, 1.165) is 12.5 Å². The first-order valence-corrected chi connectivity index (χ1v) is 5.70. The van der Waals surface area contributed by atoms with Gasteiger partial charge in [0.1, 0.15) is 0 Å². The predicted octanol–water partition coefficient (Wildman–Crippen LogP) is 2.25. The van der Waals surface area contributed by atoms with Crippen molar-refractivity contribution in [2.75, 3.05) is 13.7 Å². The molecule has 1 rings (SSSR count). The third-order valence-corrected chi connectivity index (χ3v) is 2.65. The van der Waals surface area contributed by atoms with Gasteiger partial charge in [0, 0.05) is 37.9 Å². The number of rotatable bonds is 7. The number of nitrogens with one attached hydrogen (secondary N) is 1. The van der Waals surface area contributed by atoms with Crippen LogP contribution in [0.3, 0.4) is 0 Å². The maximum absolute atomic E-state index is 13.7. The Kier molecular flexibility index (Phi) is 5.67. The second kappa shape index (κ2) is 7.03. The van der Waals surface area contributed by atoms with Crippen molar-refractivity contribution >= 4 is 5.69 Å². The minimum atomic E-state index is -0.769. The lowest BCUT2D eigenvalue weighted by Crippen LogP contribution is -2.27. The number of ether oxygens (including phenoxy) is 1. The van der Waals surface area contributed by atoms with Crippen LogP contribution in [0.2, 0.25) is 0 Å². The van der Waals surface area contributed by atoms with Crippen molar-refractivity contribution in [3.8, 4) is 0 Å². The second-order valence-electron chi connectivity index (χ2n) is 4.07. The summed E-state index contributed by atoms with van der Waals surface area (Å²) in [5, 5.41) is 13.7. The van der Waals surface area contributed by atoms with E-state index in [1.165, 1.54) is 6.07 Å². The predicted molar refractivity (Wildman–Crippen MR) is 65.8 cm³/mol. The van der Waals surface area contributed by atoms with Gasteiger partial charge in [-0.25, -0.2) is 0 Å². The molecule has 0 aromatic heterocycles. The van der Waals surface area contributed by atoms with E-state index >= 15 is 0 Å². The van der Waals surface area contributed by atoms with Crippen LogP contribution in [-0.2, 0) is 11.3 Å². The Hall–Kier alpha value is -1.53. The Labute approximate surface area is 105 Å². The average molecular weight is 256 g/mol. The Bertz CT molecular complexity index is 412. The molecule has 18 heavy (non-hydrogen) atoms. The van der Waals surface area contributed by atoms with Gasteiger partial charge in [0.05, 0.1) is 4.92 Å². The monoisotopic (exact) mass is 256 g/mol. The third-order valence-electron chi connectivity index (χ3n) is 2.65. The molecule has 6 heteroatoms. The number of hydrogen-bond acceptors (Lipinski definition) is 4. The van der Waals surface area contributed by atoms with Crippen molar-refractivity contribution in [3.63, 3.8) is 0 Å². The Balaban J connectivity index is 2.62. The molecule has 0 radical (unpaired) electrons. The zero-order chi connectivity index (χ0) is 13.5. The van der Waals surface area contributed by atoms with Crippen molar-refractivity contribution in [2.45, 2.75) is 25.9 Å². The molecule has 0 saturated carbocycles. The molecular formula is C12H17FN2O3. The lowest BCUT2D eigenvalue weighted by atomic mass is 10.1. The van der Waals surface area contributed by atoms with Crippen LogP contribution in [0.25, 0.3) is 0 Å². The molecule has 0 fully saturated rings. The number of benzene rings is 1. The van der Waals surface area contributed by atoms with Crippen LogP contribution in [0.4, 0.5) is 10.1 Å². The summed E-state index contributed by atoms with van der Waals surface area (Å²) in [6, 6.07) is 4.34. The Morgan fingerprint density at radius 3 is 2.89 bits per heavy atom. The minimum Gasteiger partial charge on any atom is -0.385 e. The fourth-order valence-electron chi connectivity index (χ4n) is 1.52. The highest BCUT2D eigenvalue weighted by Crippen LogP contribution is 2.20. The maximum atomic E-state index is 13.7. The first kappa shape index (κ1) is 14.5. The molecule has 0 heterocycles. The largest absolute Gasteiger partial charge is 0.385 e. The molecule has 1 aromatic rings. The fraction of sp³-hybridized carbons (Fsp3) is 0.500. The van der Waals surface area contributed by atoms with Crippen molar-refractivity contribution in [3.05, 3.63) is 39.7 Å². The quantitative estimate of drug-likeness (QED) is 0.600. The number of nitrogens with zero attached hydrogens (tertiary/aromatic N) is 1. The molecule has 1 atom stereocenters. The molecule has 1 aromatic carbocycles. The highest BCUT2D eigenvalue weighted by molar-refractivity contribution is 5.36. The van der Waals surface area contributed by atoms with E-state index in [1.54, 1.807) is 13.2 Å². The van der Waals surface area contributed by atoms with Crippen LogP contribution >= 0.6 is 0 Å². The molecule has 5 nitrogen and oxygen atoms in total. The molecular weight excluding hydrogens is 239 g/mol. The van der Waals surface area contributed by atoms with Crippen molar-refractivity contribution in [1.29, 1.82) is 0 Å². The molecule has 1 unspecified atom stereocenters. The number of nitro benzene ring substituents is 1. The van der Waals surface area contributed by atoms with E-state index < -0.39 is 16.4 Å². The molecule has 100 valence electrons. The van der Waals surface area contributed by atoms with Crippen LogP contribution < -0.4 is 5.32 Å². The van der Waals surface area contributed by atoms with Gasteiger partial charge in [-0.1, -0.05) is 12.1 Å². The molecule has 0 amide bonds. The zero-order valence-electron chi connectivity index (χ0n) is 10.5. The second-order valence-corrected chi connectivity index (χ2v) is 4.07. The number of nitro groups is 1. The van der Waals surface area contributed by atoms with Crippen LogP contribution in [0, 0.1) is 15.9 Å². The Morgan fingerprint density at radius 2 is 2.28 bits per heavy atom. The summed E-state index contributed by atoms with van der Waals surface area (Å²) in [7, 11) is 1.62. The first-order valence-electron chi connectivity index (χ1n) is 5.70. The van der Waals surface area contributed by atoms with Crippen LogP contribution in [0.1, 0.15) is 18.9 Å². The SMILES string of the molecule is COCCC(C)NCc1cccc([N+](=O)[O-])c1F. The summed E-state index contributed by atoms with van der Waals surface area (Å²) in [5.74, 6) is -0.769. The summed E-state index contributed by atoms with van der Waals surface area (Å²) >= 11 is 0. The highest BCUT2D eigenvalue weighted by atomic mass is 19.1. The van der Waals surface area contributed by atoms with E-state index in [1.807, 2.05) is 6.92 Å². The average Bonchev–Trinajstić information content (AvgIpc) is 2.34. The smallest absolute Gasteiger partial charge is 0.305 e. The lowest BCUT2D eigenvalue weighted by Gasteiger charge is -2.13.